The van der Waals surface area contributed by atoms with Crippen LogP contribution in [0.5, 0.6) is 0 Å². The minimum atomic E-state index is -0.105. The van der Waals surface area contributed by atoms with Gasteiger partial charge in [0.2, 0.25) is 6.10 Å². The van der Waals surface area contributed by atoms with Gasteiger partial charge in [0.1, 0.15) is 0 Å². The van der Waals surface area contributed by atoms with E-state index in [-0.39, 0.29) is 12.1 Å². The SMILES string of the molecule is CCCCCCCC=CCC1OC1=O. The van der Waals surface area contributed by atoms with Crippen LogP contribution in [0.3, 0.4) is 0 Å². The van der Waals surface area contributed by atoms with Crippen LogP contribution in [0.15, 0.2) is 12.2 Å². The highest BCUT2D eigenvalue weighted by atomic mass is 16.6. The lowest BCUT2D eigenvalue weighted by Gasteiger charge is -1.95. The maximum Gasteiger partial charge on any atom is 0.348 e. The van der Waals surface area contributed by atoms with E-state index in [2.05, 4.69) is 23.8 Å². The molecular weight excluding hydrogens is 176 g/mol. The fourth-order valence-corrected chi connectivity index (χ4v) is 1.45. The monoisotopic (exact) mass is 196 g/mol. The van der Waals surface area contributed by atoms with Gasteiger partial charge in [0, 0.05) is 6.42 Å². The first kappa shape index (κ1) is 11.3. The minimum absolute atomic E-state index is 0.0439. The van der Waals surface area contributed by atoms with Gasteiger partial charge in [-0.2, -0.15) is 0 Å². The van der Waals surface area contributed by atoms with E-state index in [0.717, 1.165) is 12.8 Å². The van der Waals surface area contributed by atoms with Gasteiger partial charge in [-0.3, -0.25) is 0 Å². The summed E-state index contributed by atoms with van der Waals surface area (Å²) in [4.78, 5) is 10.5. The third-order valence-corrected chi connectivity index (χ3v) is 2.46. The lowest BCUT2D eigenvalue weighted by atomic mass is 10.1. The summed E-state index contributed by atoms with van der Waals surface area (Å²) >= 11 is 0. The number of cyclic esters (lactones) is 1. The summed E-state index contributed by atoms with van der Waals surface area (Å²) in [7, 11) is 0. The Morgan fingerprint density at radius 3 is 2.57 bits per heavy atom. The van der Waals surface area contributed by atoms with Crippen LogP contribution in [-0.2, 0) is 9.53 Å². The smallest absolute Gasteiger partial charge is 0.348 e. The molecular formula is C12H20O2. The number of hydrogen-bond acceptors (Lipinski definition) is 2. The van der Waals surface area contributed by atoms with Crippen LogP contribution in [0.2, 0.25) is 0 Å². The number of ether oxygens (including phenoxy) is 1. The van der Waals surface area contributed by atoms with Crippen molar-refractivity contribution in [3.8, 4) is 0 Å². The molecule has 0 aromatic heterocycles. The van der Waals surface area contributed by atoms with E-state index in [4.69, 9.17) is 0 Å². The predicted molar refractivity (Wildman–Crippen MR) is 57.0 cm³/mol. The second-order valence-electron chi connectivity index (χ2n) is 3.84. The van der Waals surface area contributed by atoms with Gasteiger partial charge in [0.15, 0.2) is 0 Å². The van der Waals surface area contributed by atoms with Crippen molar-refractivity contribution in [2.24, 2.45) is 0 Å². The zero-order chi connectivity index (χ0) is 10.2. The molecule has 0 radical (unpaired) electrons. The molecule has 0 bridgehead atoms. The Balaban J connectivity index is 1.81. The van der Waals surface area contributed by atoms with E-state index in [1.807, 2.05) is 0 Å². The summed E-state index contributed by atoms with van der Waals surface area (Å²) in [5.41, 5.74) is 0. The normalized spacial score (nSPS) is 20.1. The van der Waals surface area contributed by atoms with Crippen molar-refractivity contribution in [1.82, 2.24) is 0 Å². The van der Waals surface area contributed by atoms with E-state index in [9.17, 15) is 4.79 Å². The summed E-state index contributed by atoms with van der Waals surface area (Å²) in [5, 5.41) is 0. The molecule has 0 amide bonds. The maximum absolute atomic E-state index is 10.5. The van der Waals surface area contributed by atoms with E-state index >= 15 is 0 Å². The van der Waals surface area contributed by atoms with Crippen LogP contribution in [0.25, 0.3) is 0 Å². The topological polar surface area (TPSA) is 29.6 Å². The molecule has 1 heterocycles. The van der Waals surface area contributed by atoms with Gasteiger partial charge in [-0.15, -0.1) is 0 Å². The van der Waals surface area contributed by atoms with Crippen molar-refractivity contribution < 1.29 is 9.53 Å². The number of unbranched alkanes of at least 4 members (excludes halogenated alkanes) is 5. The molecule has 1 saturated heterocycles. The minimum Gasteiger partial charge on any atom is -0.447 e. The van der Waals surface area contributed by atoms with E-state index < -0.39 is 0 Å². The number of carbonyl (C=O) groups excluding carboxylic acids is 1. The highest BCUT2D eigenvalue weighted by Gasteiger charge is 2.36. The number of allylic oxidation sites excluding steroid dienone is 1. The second-order valence-corrected chi connectivity index (χ2v) is 3.84. The largest absolute Gasteiger partial charge is 0.447 e. The molecule has 14 heavy (non-hydrogen) atoms. The van der Waals surface area contributed by atoms with E-state index in [1.165, 1.54) is 32.1 Å². The molecule has 1 aliphatic rings. The van der Waals surface area contributed by atoms with Crippen LogP contribution in [0.1, 0.15) is 51.9 Å². The van der Waals surface area contributed by atoms with Gasteiger partial charge >= 0.3 is 5.97 Å². The lowest BCUT2D eigenvalue weighted by Crippen LogP contribution is -1.82. The zero-order valence-corrected chi connectivity index (χ0v) is 9.00. The molecule has 1 rings (SSSR count). The molecule has 0 N–H and O–H groups in total. The third-order valence-electron chi connectivity index (χ3n) is 2.46. The number of hydrogen-bond donors (Lipinski definition) is 0. The molecule has 0 aromatic rings. The van der Waals surface area contributed by atoms with Crippen LogP contribution in [0, 0.1) is 0 Å². The Bertz CT molecular complexity index is 196. The molecule has 1 aliphatic heterocycles. The molecule has 2 heteroatoms. The Morgan fingerprint density at radius 1 is 1.21 bits per heavy atom. The fraction of sp³-hybridized carbons (Fsp3) is 0.750. The molecule has 80 valence electrons. The fourth-order valence-electron chi connectivity index (χ4n) is 1.45. The Labute approximate surface area is 86.3 Å². The van der Waals surface area contributed by atoms with Crippen LogP contribution >= 0.6 is 0 Å². The van der Waals surface area contributed by atoms with Crippen molar-refractivity contribution >= 4 is 5.97 Å². The predicted octanol–water partition coefficient (Wildman–Crippen LogP) is 3.22. The van der Waals surface area contributed by atoms with Crippen LogP contribution in [-0.4, -0.2) is 12.1 Å². The van der Waals surface area contributed by atoms with Gasteiger partial charge in [-0.25, -0.2) is 4.79 Å². The summed E-state index contributed by atoms with van der Waals surface area (Å²) < 4.78 is 4.69. The zero-order valence-electron chi connectivity index (χ0n) is 9.00. The third kappa shape index (κ3) is 5.05. The van der Waals surface area contributed by atoms with Crippen molar-refractivity contribution in [3.05, 3.63) is 12.2 Å². The average molecular weight is 196 g/mol. The average Bonchev–Trinajstić information content (AvgIpc) is 2.87. The summed E-state index contributed by atoms with van der Waals surface area (Å²) in [5.74, 6) is -0.0439. The number of carbonyl (C=O) groups is 1. The molecule has 0 aromatic carbocycles. The molecule has 0 saturated carbocycles. The number of rotatable bonds is 8. The molecule has 0 spiro atoms. The molecule has 1 fully saturated rings. The molecule has 1 unspecified atom stereocenters. The summed E-state index contributed by atoms with van der Waals surface area (Å²) in [6.45, 7) is 2.23. The van der Waals surface area contributed by atoms with Gasteiger partial charge in [0.25, 0.3) is 0 Å². The van der Waals surface area contributed by atoms with Crippen molar-refractivity contribution in [2.45, 2.75) is 58.0 Å². The van der Waals surface area contributed by atoms with E-state index in [1.54, 1.807) is 0 Å². The molecule has 1 atom stereocenters. The highest BCUT2D eigenvalue weighted by Crippen LogP contribution is 2.16. The molecule has 0 aliphatic carbocycles. The van der Waals surface area contributed by atoms with Crippen molar-refractivity contribution in [3.63, 3.8) is 0 Å². The second kappa shape index (κ2) is 6.63. The van der Waals surface area contributed by atoms with Crippen LogP contribution in [0.4, 0.5) is 0 Å². The first-order valence-corrected chi connectivity index (χ1v) is 5.70. The maximum atomic E-state index is 10.5. The first-order chi connectivity index (χ1) is 6.84. The summed E-state index contributed by atoms with van der Waals surface area (Å²) in [6.07, 6.45) is 12.7. The van der Waals surface area contributed by atoms with Gasteiger partial charge in [0.05, 0.1) is 0 Å². The molecule has 2 nitrogen and oxygen atoms in total. The van der Waals surface area contributed by atoms with Crippen molar-refractivity contribution in [1.29, 1.82) is 0 Å². The number of epoxide rings is 1. The quantitative estimate of drug-likeness (QED) is 0.339. The first-order valence-electron chi connectivity index (χ1n) is 5.70. The van der Waals surface area contributed by atoms with Gasteiger partial charge in [-0.1, -0.05) is 44.8 Å². The lowest BCUT2D eigenvalue weighted by molar-refractivity contribution is -0.117. The van der Waals surface area contributed by atoms with Crippen LogP contribution < -0.4 is 0 Å². The highest BCUT2D eigenvalue weighted by molar-refractivity contribution is 5.87. The van der Waals surface area contributed by atoms with Gasteiger partial charge in [-0.05, 0) is 12.8 Å². The van der Waals surface area contributed by atoms with Gasteiger partial charge < -0.3 is 4.74 Å². The standard InChI is InChI=1S/C12H20O2/c1-2-3-4-5-6-7-8-9-10-11-12(13)14-11/h8-9,11H,2-7,10H2,1H3. The van der Waals surface area contributed by atoms with E-state index in [0.29, 0.717) is 0 Å². The Hall–Kier alpha value is -0.790. The Kier molecular flexibility index (Phi) is 5.35. The van der Waals surface area contributed by atoms with Crippen molar-refractivity contribution in [2.75, 3.05) is 0 Å². The summed E-state index contributed by atoms with van der Waals surface area (Å²) in [6, 6.07) is 0. The Morgan fingerprint density at radius 2 is 1.93 bits per heavy atom.